The molecular formula is C35H40. The van der Waals surface area contributed by atoms with Crippen molar-refractivity contribution in [1.82, 2.24) is 0 Å². The van der Waals surface area contributed by atoms with Gasteiger partial charge < -0.3 is 0 Å². The minimum absolute atomic E-state index is 0.987. The summed E-state index contributed by atoms with van der Waals surface area (Å²) in [6, 6.07) is 23.2. The number of hydrogen-bond acceptors (Lipinski definition) is 0. The smallest absolute Gasteiger partial charge is 0.00201 e. The SMILES string of the molecule is Cc1ccc(C)c(Cc2cc(C)cc(Cc3cc(C)cc(Cc4cc(C)ccc4C)c3C)c2C)c1. The first-order valence-electron chi connectivity index (χ1n) is 12.9. The fourth-order valence-corrected chi connectivity index (χ4v) is 5.36. The van der Waals surface area contributed by atoms with Crippen molar-refractivity contribution in [3.8, 4) is 0 Å². The van der Waals surface area contributed by atoms with E-state index in [2.05, 4.69) is 116 Å². The van der Waals surface area contributed by atoms with Gasteiger partial charge in [0.2, 0.25) is 0 Å². The minimum Gasteiger partial charge on any atom is -0.0590 e. The van der Waals surface area contributed by atoms with Crippen LogP contribution in [0.3, 0.4) is 0 Å². The van der Waals surface area contributed by atoms with Crippen molar-refractivity contribution < 1.29 is 0 Å². The summed E-state index contributed by atoms with van der Waals surface area (Å²) in [5.74, 6) is 0. The highest BCUT2D eigenvalue weighted by Gasteiger charge is 2.13. The Kier molecular flexibility index (Phi) is 7.31. The summed E-state index contributed by atoms with van der Waals surface area (Å²) in [5, 5.41) is 0. The number of rotatable bonds is 6. The lowest BCUT2D eigenvalue weighted by Gasteiger charge is -2.18. The van der Waals surface area contributed by atoms with Gasteiger partial charge in [-0.15, -0.1) is 0 Å². The summed E-state index contributed by atoms with van der Waals surface area (Å²) < 4.78 is 0. The van der Waals surface area contributed by atoms with Gasteiger partial charge in [-0.25, -0.2) is 0 Å². The highest BCUT2D eigenvalue weighted by molar-refractivity contribution is 5.48. The quantitative estimate of drug-likeness (QED) is 0.269. The molecule has 4 aromatic rings. The maximum absolute atomic E-state index is 2.40. The Morgan fingerprint density at radius 3 is 0.971 bits per heavy atom. The van der Waals surface area contributed by atoms with E-state index in [1.807, 2.05) is 0 Å². The Bertz CT molecular complexity index is 1280. The molecular weight excluding hydrogens is 420 g/mol. The predicted octanol–water partition coefficient (Wildman–Crippen LogP) is 8.93. The Morgan fingerprint density at radius 1 is 0.343 bits per heavy atom. The van der Waals surface area contributed by atoms with E-state index in [9.17, 15) is 0 Å². The molecule has 0 unspecified atom stereocenters. The lowest BCUT2D eigenvalue weighted by Crippen LogP contribution is -2.04. The molecule has 0 fully saturated rings. The fourth-order valence-electron chi connectivity index (χ4n) is 5.36. The van der Waals surface area contributed by atoms with E-state index in [4.69, 9.17) is 0 Å². The van der Waals surface area contributed by atoms with Crippen LogP contribution in [0.15, 0.2) is 60.7 Å². The molecule has 0 amide bonds. The van der Waals surface area contributed by atoms with Gasteiger partial charge in [-0.1, -0.05) is 82.9 Å². The molecule has 0 spiro atoms. The van der Waals surface area contributed by atoms with Crippen LogP contribution in [-0.2, 0) is 19.3 Å². The fraction of sp³-hybridized carbons (Fsp3) is 0.314. The molecule has 4 rings (SSSR count). The normalized spacial score (nSPS) is 11.2. The monoisotopic (exact) mass is 460 g/mol. The first-order valence-corrected chi connectivity index (χ1v) is 12.9. The molecule has 0 heterocycles. The van der Waals surface area contributed by atoms with Gasteiger partial charge in [-0.2, -0.15) is 0 Å². The summed E-state index contributed by atoms with van der Waals surface area (Å²) in [4.78, 5) is 0. The number of hydrogen-bond donors (Lipinski definition) is 0. The van der Waals surface area contributed by atoms with E-state index in [1.165, 1.54) is 77.9 Å². The van der Waals surface area contributed by atoms with Crippen LogP contribution in [0.4, 0.5) is 0 Å². The third-order valence-corrected chi connectivity index (χ3v) is 7.69. The first kappa shape index (κ1) is 25.0. The molecule has 0 bridgehead atoms. The summed E-state index contributed by atoms with van der Waals surface area (Å²) in [7, 11) is 0. The number of benzene rings is 4. The third kappa shape index (κ3) is 5.76. The van der Waals surface area contributed by atoms with Crippen LogP contribution in [0.5, 0.6) is 0 Å². The van der Waals surface area contributed by atoms with Crippen LogP contribution in [0.1, 0.15) is 77.9 Å². The van der Waals surface area contributed by atoms with Crippen LogP contribution in [0.2, 0.25) is 0 Å². The van der Waals surface area contributed by atoms with Crippen molar-refractivity contribution in [3.05, 3.63) is 139 Å². The zero-order valence-corrected chi connectivity index (χ0v) is 22.9. The Morgan fingerprint density at radius 2 is 0.629 bits per heavy atom. The Hall–Kier alpha value is -3.12. The van der Waals surface area contributed by atoms with Crippen molar-refractivity contribution in [1.29, 1.82) is 0 Å². The van der Waals surface area contributed by atoms with Crippen LogP contribution in [0, 0.1) is 55.4 Å². The zero-order valence-electron chi connectivity index (χ0n) is 22.9. The molecule has 0 saturated carbocycles. The lowest BCUT2D eigenvalue weighted by atomic mass is 9.87. The van der Waals surface area contributed by atoms with Gasteiger partial charge in [0.1, 0.15) is 0 Å². The molecule has 0 aromatic heterocycles. The Labute approximate surface area is 213 Å². The van der Waals surface area contributed by atoms with E-state index < -0.39 is 0 Å². The molecule has 0 saturated heterocycles. The molecule has 0 radical (unpaired) electrons. The van der Waals surface area contributed by atoms with Gasteiger partial charge in [-0.3, -0.25) is 0 Å². The van der Waals surface area contributed by atoms with Crippen molar-refractivity contribution >= 4 is 0 Å². The molecule has 180 valence electrons. The molecule has 0 N–H and O–H groups in total. The molecule has 0 nitrogen and oxygen atoms in total. The van der Waals surface area contributed by atoms with E-state index >= 15 is 0 Å². The van der Waals surface area contributed by atoms with Crippen molar-refractivity contribution in [2.75, 3.05) is 0 Å². The second-order valence-corrected chi connectivity index (χ2v) is 10.8. The highest BCUT2D eigenvalue weighted by atomic mass is 14.2. The maximum atomic E-state index is 2.40. The van der Waals surface area contributed by atoms with Crippen LogP contribution < -0.4 is 0 Å². The topological polar surface area (TPSA) is 0 Å². The van der Waals surface area contributed by atoms with Crippen molar-refractivity contribution in [3.63, 3.8) is 0 Å². The highest BCUT2D eigenvalue weighted by Crippen LogP contribution is 2.28. The molecule has 0 aliphatic rings. The van der Waals surface area contributed by atoms with Gasteiger partial charge in [0.05, 0.1) is 0 Å². The summed E-state index contributed by atoms with van der Waals surface area (Å²) in [6.07, 6.45) is 2.98. The van der Waals surface area contributed by atoms with Crippen molar-refractivity contribution in [2.45, 2.75) is 74.7 Å². The molecule has 0 aliphatic carbocycles. The second kappa shape index (κ2) is 10.2. The summed E-state index contributed by atoms with van der Waals surface area (Å²) in [6.45, 7) is 18.0. The second-order valence-electron chi connectivity index (χ2n) is 10.8. The van der Waals surface area contributed by atoms with Gasteiger partial charge in [0.15, 0.2) is 0 Å². The van der Waals surface area contributed by atoms with Crippen LogP contribution in [0.25, 0.3) is 0 Å². The largest absolute Gasteiger partial charge is 0.0590 e. The summed E-state index contributed by atoms with van der Waals surface area (Å²) >= 11 is 0. The average Bonchev–Trinajstić information content (AvgIpc) is 2.79. The van der Waals surface area contributed by atoms with Gasteiger partial charge in [0.25, 0.3) is 0 Å². The zero-order chi connectivity index (χ0) is 25.3. The van der Waals surface area contributed by atoms with Gasteiger partial charge >= 0.3 is 0 Å². The van der Waals surface area contributed by atoms with E-state index in [1.54, 1.807) is 0 Å². The molecule has 0 atom stereocenters. The average molecular weight is 461 g/mol. The van der Waals surface area contributed by atoms with Gasteiger partial charge in [-0.05, 0) is 130 Å². The van der Waals surface area contributed by atoms with Crippen LogP contribution in [-0.4, -0.2) is 0 Å². The van der Waals surface area contributed by atoms with E-state index in [0.717, 1.165) is 19.3 Å². The van der Waals surface area contributed by atoms with Crippen molar-refractivity contribution in [2.24, 2.45) is 0 Å². The maximum Gasteiger partial charge on any atom is -0.00201 e. The lowest BCUT2D eigenvalue weighted by molar-refractivity contribution is 1.04. The Balaban J connectivity index is 1.68. The number of aryl methyl sites for hydroxylation is 6. The van der Waals surface area contributed by atoms with Gasteiger partial charge in [0, 0.05) is 0 Å². The third-order valence-electron chi connectivity index (χ3n) is 7.69. The van der Waals surface area contributed by atoms with E-state index in [-0.39, 0.29) is 0 Å². The van der Waals surface area contributed by atoms with Crippen LogP contribution >= 0.6 is 0 Å². The first-order chi connectivity index (χ1) is 16.6. The molecule has 0 heteroatoms. The molecule has 35 heavy (non-hydrogen) atoms. The summed E-state index contributed by atoms with van der Waals surface area (Å²) in [5.41, 5.74) is 19.7. The predicted molar refractivity (Wildman–Crippen MR) is 152 cm³/mol. The molecule has 4 aromatic carbocycles. The standard InChI is InChI=1S/C35H40/c1-22-9-11-26(5)30(13-22)19-32-15-24(3)17-34(28(32)7)21-35-18-25(4)16-33(29(35)8)20-31-14-23(2)10-12-27(31)6/h9-18H,19-21H2,1-8H3. The minimum atomic E-state index is 0.987. The molecule has 0 aliphatic heterocycles. The van der Waals surface area contributed by atoms with E-state index in [0.29, 0.717) is 0 Å².